The summed E-state index contributed by atoms with van der Waals surface area (Å²) in [7, 11) is 3.05. The number of hydrogen-bond donors (Lipinski definition) is 1. The van der Waals surface area contributed by atoms with Crippen molar-refractivity contribution in [2.45, 2.75) is 6.04 Å². The summed E-state index contributed by atoms with van der Waals surface area (Å²) in [6.07, 6.45) is 0. The minimum atomic E-state index is -0.872. The van der Waals surface area contributed by atoms with Crippen LogP contribution < -0.4 is 14.4 Å². The first-order chi connectivity index (χ1) is 15.1. The van der Waals surface area contributed by atoms with Crippen LogP contribution in [0.2, 0.25) is 0 Å². The van der Waals surface area contributed by atoms with Gasteiger partial charge in [-0.3, -0.25) is 14.5 Å². The van der Waals surface area contributed by atoms with Crippen molar-refractivity contribution in [1.82, 2.24) is 0 Å². The lowest BCUT2D eigenvalue weighted by Gasteiger charge is -2.26. The zero-order valence-electron chi connectivity index (χ0n) is 17.1. The maximum atomic E-state index is 13.1. The Bertz CT molecular complexity index is 1160. The fourth-order valence-corrected chi connectivity index (χ4v) is 3.78. The zero-order chi connectivity index (χ0) is 22.0. The smallest absolute Gasteiger partial charge is 0.300 e. The van der Waals surface area contributed by atoms with E-state index in [1.54, 1.807) is 73.8 Å². The van der Waals surface area contributed by atoms with Gasteiger partial charge in [0.15, 0.2) is 0 Å². The number of nitrogens with zero attached hydrogens (tertiary/aromatic N) is 1. The number of benzene rings is 3. The van der Waals surface area contributed by atoms with Crippen LogP contribution in [0.1, 0.15) is 17.2 Å². The number of amides is 1. The third kappa shape index (κ3) is 3.53. The fraction of sp³-hybridized carbons (Fsp3) is 0.120. The van der Waals surface area contributed by atoms with E-state index < -0.39 is 17.7 Å². The first-order valence-corrected chi connectivity index (χ1v) is 9.70. The summed E-state index contributed by atoms with van der Waals surface area (Å²) in [5.41, 5.74) is 1.55. The van der Waals surface area contributed by atoms with Crippen LogP contribution >= 0.6 is 0 Å². The van der Waals surface area contributed by atoms with E-state index in [0.29, 0.717) is 28.3 Å². The summed E-state index contributed by atoms with van der Waals surface area (Å²) >= 11 is 0. The molecular formula is C25H21NO5. The summed E-state index contributed by atoms with van der Waals surface area (Å²) in [5.74, 6) is -0.702. The van der Waals surface area contributed by atoms with E-state index in [0.717, 1.165) is 0 Å². The highest BCUT2D eigenvalue weighted by atomic mass is 16.5. The molecule has 0 spiro atoms. The molecule has 1 heterocycles. The van der Waals surface area contributed by atoms with Gasteiger partial charge in [-0.2, -0.15) is 0 Å². The molecule has 6 nitrogen and oxygen atoms in total. The molecule has 0 aromatic heterocycles. The Labute approximate surface area is 180 Å². The molecule has 4 rings (SSSR count). The lowest BCUT2D eigenvalue weighted by molar-refractivity contribution is -0.132. The van der Waals surface area contributed by atoms with E-state index in [1.807, 2.05) is 12.1 Å². The van der Waals surface area contributed by atoms with Crippen molar-refractivity contribution < 1.29 is 24.2 Å². The van der Waals surface area contributed by atoms with E-state index in [4.69, 9.17) is 9.47 Å². The standard InChI is InChI=1S/C25H21NO5/c1-30-18-13-14-19(20(15-18)31-2)22-21(23(27)16-9-5-3-6-10-16)24(28)25(29)26(22)17-11-7-4-8-12-17/h3-15,22,27H,1-2H3/b23-21-. The van der Waals surface area contributed by atoms with Gasteiger partial charge in [-0.1, -0.05) is 48.5 Å². The summed E-state index contributed by atoms with van der Waals surface area (Å²) in [4.78, 5) is 27.6. The van der Waals surface area contributed by atoms with E-state index in [9.17, 15) is 14.7 Å². The minimum Gasteiger partial charge on any atom is -0.507 e. The molecule has 0 radical (unpaired) electrons. The first-order valence-electron chi connectivity index (χ1n) is 9.70. The predicted octanol–water partition coefficient (Wildman–Crippen LogP) is 4.33. The summed E-state index contributed by atoms with van der Waals surface area (Å²) in [6.45, 7) is 0. The number of Topliss-reactive ketones (excluding diaryl/α,β-unsaturated/α-hetero) is 1. The van der Waals surface area contributed by atoms with Crippen LogP contribution in [-0.4, -0.2) is 31.0 Å². The second-order valence-corrected chi connectivity index (χ2v) is 6.98. The molecule has 1 amide bonds. The molecule has 1 atom stereocenters. The molecule has 1 saturated heterocycles. The van der Waals surface area contributed by atoms with Gasteiger partial charge >= 0.3 is 0 Å². The Morgan fingerprint density at radius 3 is 2.13 bits per heavy atom. The van der Waals surface area contributed by atoms with E-state index in [-0.39, 0.29) is 11.3 Å². The third-order valence-corrected chi connectivity index (χ3v) is 5.26. The highest BCUT2D eigenvalue weighted by Crippen LogP contribution is 2.45. The molecular weight excluding hydrogens is 394 g/mol. The van der Waals surface area contributed by atoms with Gasteiger partial charge in [0.2, 0.25) is 0 Å². The number of aliphatic hydroxyl groups excluding tert-OH is 1. The lowest BCUT2D eigenvalue weighted by Crippen LogP contribution is -2.29. The van der Waals surface area contributed by atoms with Crippen molar-refractivity contribution in [2.24, 2.45) is 0 Å². The molecule has 1 aliphatic rings. The number of ether oxygens (including phenoxy) is 2. The molecule has 3 aromatic rings. The second kappa shape index (κ2) is 8.36. The fourth-order valence-electron chi connectivity index (χ4n) is 3.78. The van der Waals surface area contributed by atoms with E-state index in [2.05, 4.69) is 0 Å². The maximum absolute atomic E-state index is 13.1. The zero-order valence-corrected chi connectivity index (χ0v) is 17.1. The van der Waals surface area contributed by atoms with Gasteiger partial charge in [0.05, 0.1) is 25.8 Å². The largest absolute Gasteiger partial charge is 0.507 e. The molecule has 0 aliphatic carbocycles. The van der Waals surface area contributed by atoms with Crippen molar-refractivity contribution in [3.63, 3.8) is 0 Å². The van der Waals surface area contributed by atoms with Gasteiger partial charge in [0.25, 0.3) is 11.7 Å². The molecule has 31 heavy (non-hydrogen) atoms. The number of rotatable bonds is 5. The lowest BCUT2D eigenvalue weighted by atomic mass is 9.94. The highest BCUT2D eigenvalue weighted by Gasteiger charge is 2.47. The summed E-state index contributed by atoms with van der Waals surface area (Å²) in [5, 5.41) is 11.1. The molecule has 156 valence electrons. The van der Waals surface area contributed by atoms with Gasteiger partial charge in [-0.05, 0) is 24.3 Å². The number of methoxy groups -OCH3 is 2. The van der Waals surface area contributed by atoms with Crippen LogP contribution in [0.25, 0.3) is 5.76 Å². The van der Waals surface area contributed by atoms with Crippen LogP contribution in [0.4, 0.5) is 5.69 Å². The van der Waals surface area contributed by atoms with Crippen molar-refractivity contribution in [3.8, 4) is 11.5 Å². The van der Waals surface area contributed by atoms with Gasteiger partial charge in [0, 0.05) is 22.9 Å². The van der Waals surface area contributed by atoms with E-state index in [1.165, 1.54) is 12.0 Å². The van der Waals surface area contributed by atoms with Crippen LogP contribution in [0, 0.1) is 0 Å². The van der Waals surface area contributed by atoms with Crippen LogP contribution in [0.15, 0.2) is 84.4 Å². The molecule has 1 N–H and O–H groups in total. The van der Waals surface area contributed by atoms with Gasteiger partial charge < -0.3 is 14.6 Å². The summed E-state index contributed by atoms with van der Waals surface area (Å²) in [6, 6.07) is 21.9. The van der Waals surface area contributed by atoms with Crippen LogP contribution in [0.3, 0.4) is 0 Å². The second-order valence-electron chi connectivity index (χ2n) is 6.98. The SMILES string of the molecule is COc1ccc(C2/C(=C(/O)c3ccccc3)C(=O)C(=O)N2c2ccccc2)c(OC)c1. The Hall–Kier alpha value is -4.06. The Balaban J connectivity index is 1.99. The average molecular weight is 415 g/mol. The number of aliphatic hydroxyl groups is 1. The number of hydrogen-bond acceptors (Lipinski definition) is 5. The highest BCUT2D eigenvalue weighted by molar-refractivity contribution is 6.51. The Morgan fingerprint density at radius 2 is 1.52 bits per heavy atom. The predicted molar refractivity (Wildman–Crippen MR) is 117 cm³/mol. The number of carbonyl (C=O) groups excluding carboxylic acids is 2. The first kappa shape index (κ1) is 20.2. The molecule has 6 heteroatoms. The maximum Gasteiger partial charge on any atom is 0.300 e. The molecule has 1 fully saturated rings. The van der Waals surface area contributed by atoms with Gasteiger partial charge in [-0.15, -0.1) is 0 Å². The Kier molecular flexibility index (Phi) is 5.45. The van der Waals surface area contributed by atoms with Crippen LogP contribution in [0.5, 0.6) is 11.5 Å². The molecule has 0 saturated carbocycles. The number of anilines is 1. The van der Waals surface area contributed by atoms with Crippen molar-refractivity contribution in [2.75, 3.05) is 19.1 Å². The Morgan fingerprint density at radius 1 is 0.871 bits per heavy atom. The normalized spacial score (nSPS) is 17.6. The van der Waals surface area contributed by atoms with Crippen LogP contribution in [-0.2, 0) is 9.59 Å². The molecule has 3 aromatic carbocycles. The van der Waals surface area contributed by atoms with Crippen molar-refractivity contribution in [1.29, 1.82) is 0 Å². The number of ketones is 1. The molecule has 1 unspecified atom stereocenters. The topological polar surface area (TPSA) is 76.1 Å². The molecule has 1 aliphatic heterocycles. The number of carbonyl (C=O) groups is 2. The average Bonchev–Trinajstić information content (AvgIpc) is 3.09. The minimum absolute atomic E-state index is 0.00326. The van der Waals surface area contributed by atoms with Gasteiger partial charge in [-0.25, -0.2) is 0 Å². The summed E-state index contributed by atoms with van der Waals surface area (Å²) < 4.78 is 10.8. The monoisotopic (exact) mass is 415 g/mol. The van der Waals surface area contributed by atoms with Gasteiger partial charge in [0.1, 0.15) is 17.3 Å². The third-order valence-electron chi connectivity index (χ3n) is 5.26. The molecule has 0 bridgehead atoms. The quantitative estimate of drug-likeness (QED) is 0.381. The van der Waals surface area contributed by atoms with Crippen molar-refractivity contribution >= 4 is 23.1 Å². The van der Waals surface area contributed by atoms with E-state index >= 15 is 0 Å². The number of para-hydroxylation sites is 1. The van der Waals surface area contributed by atoms with Crippen molar-refractivity contribution in [3.05, 3.63) is 95.6 Å².